The molecule has 0 saturated heterocycles. The number of aryl methyl sites for hydroxylation is 1. The number of benzene rings is 2. The van der Waals surface area contributed by atoms with Crippen molar-refractivity contribution in [3.63, 3.8) is 0 Å². The zero-order valence-corrected chi connectivity index (χ0v) is 10.4. The van der Waals surface area contributed by atoms with E-state index in [-0.39, 0.29) is 5.75 Å². The van der Waals surface area contributed by atoms with Gasteiger partial charge in [0.1, 0.15) is 11.5 Å². The Kier molecular flexibility index (Phi) is 5.37. The average Bonchev–Trinajstić information content (AvgIpc) is 2.34. The van der Waals surface area contributed by atoms with Crippen LogP contribution in [0, 0.1) is 0 Å². The van der Waals surface area contributed by atoms with E-state index in [1.54, 1.807) is 30.3 Å². The quantitative estimate of drug-likeness (QED) is 0.803. The fourth-order valence-corrected chi connectivity index (χ4v) is 1.40. The molecule has 0 atom stereocenters. The van der Waals surface area contributed by atoms with E-state index >= 15 is 0 Å². The molecule has 0 bridgehead atoms. The smallest absolute Gasteiger partial charge is 0.134 e. The van der Waals surface area contributed by atoms with Crippen molar-refractivity contribution in [2.75, 3.05) is 0 Å². The van der Waals surface area contributed by atoms with Gasteiger partial charge in [0.25, 0.3) is 0 Å². The lowest BCUT2D eigenvalue weighted by Gasteiger charge is -1.97. The molecule has 90 valence electrons. The van der Waals surface area contributed by atoms with E-state index in [1.165, 1.54) is 0 Å². The molecule has 0 amide bonds. The summed E-state index contributed by atoms with van der Waals surface area (Å²) in [7, 11) is 0. The summed E-state index contributed by atoms with van der Waals surface area (Å²) in [6.45, 7) is 2.02. The molecule has 0 spiro atoms. The van der Waals surface area contributed by atoms with Crippen molar-refractivity contribution in [2.45, 2.75) is 13.3 Å². The van der Waals surface area contributed by atoms with E-state index < -0.39 is 0 Å². The first-order valence-corrected chi connectivity index (χ1v) is 5.73. The van der Waals surface area contributed by atoms with Crippen LogP contribution in [0.4, 0.5) is 0 Å². The maximum Gasteiger partial charge on any atom is 0.134 e. The number of hydrogen-bond acceptors (Lipinski definition) is 2. The molecule has 2 nitrogen and oxygen atoms in total. The topological polar surface area (TPSA) is 40.5 Å². The second-order valence-electron chi connectivity index (χ2n) is 3.43. The van der Waals surface area contributed by atoms with E-state index in [9.17, 15) is 0 Å². The Morgan fingerprint density at radius 1 is 0.882 bits per heavy atom. The second-order valence-corrected chi connectivity index (χ2v) is 3.84. The highest BCUT2D eigenvalue weighted by molar-refractivity contribution is 6.31. The van der Waals surface area contributed by atoms with Gasteiger partial charge >= 0.3 is 0 Å². The molecule has 17 heavy (non-hydrogen) atoms. The molecule has 0 radical (unpaired) electrons. The van der Waals surface area contributed by atoms with Gasteiger partial charge < -0.3 is 10.2 Å². The summed E-state index contributed by atoms with van der Waals surface area (Å²) in [4.78, 5) is 0. The molecular weight excluding hydrogens is 236 g/mol. The third kappa shape index (κ3) is 4.37. The summed E-state index contributed by atoms with van der Waals surface area (Å²) in [5.41, 5.74) is 1.01. The van der Waals surface area contributed by atoms with Gasteiger partial charge in [-0.1, -0.05) is 48.9 Å². The largest absolute Gasteiger partial charge is 0.508 e. The van der Waals surface area contributed by atoms with Crippen molar-refractivity contribution in [2.24, 2.45) is 0 Å². The van der Waals surface area contributed by atoms with Crippen LogP contribution in [0.3, 0.4) is 0 Å². The van der Waals surface area contributed by atoms with E-state index in [4.69, 9.17) is 21.8 Å². The number of phenols is 2. The molecule has 2 aromatic carbocycles. The number of aromatic hydroxyl groups is 2. The lowest BCUT2D eigenvalue weighted by atomic mass is 10.1. The van der Waals surface area contributed by atoms with E-state index in [2.05, 4.69) is 0 Å². The third-order valence-corrected chi connectivity index (χ3v) is 2.54. The van der Waals surface area contributed by atoms with Crippen LogP contribution < -0.4 is 0 Å². The molecule has 0 aliphatic heterocycles. The second kappa shape index (κ2) is 6.81. The monoisotopic (exact) mass is 250 g/mol. The summed E-state index contributed by atoms with van der Waals surface area (Å²) in [5.74, 6) is 0.536. The Labute approximate surface area is 106 Å². The molecule has 2 aromatic rings. The molecule has 2 N–H and O–H groups in total. The van der Waals surface area contributed by atoms with Crippen LogP contribution in [0.25, 0.3) is 0 Å². The van der Waals surface area contributed by atoms with Crippen molar-refractivity contribution in [3.05, 3.63) is 59.1 Å². The van der Waals surface area contributed by atoms with Crippen LogP contribution >= 0.6 is 11.6 Å². The predicted octanol–water partition coefficient (Wildman–Crippen LogP) is 4.00. The number of halogens is 1. The average molecular weight is 251 g/mol. The van der Waals surface area contributed by atoms with Gasteiger partial charge in [0.15, 0.2) is 0 Å². The molecule has 0 fully saturated rings. The number of rotatable bonds is 1. The first-order valence-electron chi connectivity index (χ1n) is 5.35. The van der Waals surface area contributed by atoms with Gasteiger partial charge in [-0.2, -0.15) is 0 Å². The molecule has 0 saturated carbocycles. The van der Waals surface area contributed by atoms with Crippen molar-refractivity contribution in [3.8, 4) is 11.5 Å². The molecule has 0 aliphatic rings. The summed E-state index contributed by atoms with van der Waals surface area (Å²) in [6, 6.07) is 14.1. The normalized spacial score (nSPS) is 9.29. The summed E-state index contributed by atoms with van der Waals surface area (Å²) < 4.78 is 0. The number of hydrogen-bond donors (Lipinski definition) is 2. The van der Waals surface area contributed by atoms with Gasteiger partial charge in [-0.25, -0.2) is 0 Å². The first kappa shape index (κ1) is 13.4. The standard InChI is InChI=1S/C8H10O.C6H5ClO/c1-2-7-5-3-4-6-8(7)9;7-5-3-1-2-4-6(5)8/h3-6,9H,2H2,1H3;1-4,8H. The lowest BCUT2D eigenvalue weighted by Crippen LogP contribution is -1.77. The molecule has 3 heteroatoms. The lowest BCUT2D eigenvalue weighted by molar-refractivity contribution is 0.469. The van der Waals surface area contributed by atoms with Crippen molar-refractivity contribution < 1.29 is 10.2 Å². The van der Waals surface area contributed by atoms with Gasteiger partial charge in [0.05, 0.1) is 5.02 Å². The minimum absolute atomic E-state index is 0.133. The SMILES string of the molecule is CCc1ccccc1O.Oc1ccccc1Cl. The van der Waals surface area contributed by atoms with E-state index in [1.807, 2.05) is 25.1 Å². The van der Waals surface area contributed by atoms with Crippen molar-refractivity contribution in [1.29, 1.82) is 0 Å². The molecule has 0 heterocycles. The van der Waals surface area contributed by atoms with Crippen LogP contribution in [-0.2, 0) is 6.42 Å². The summed E-state index contributed by atoms with van der Waals surface area (Å²) >= 11 is 5.46. The van der Waals surface area contributed by atoms with Crippen LogP contribution in [0.15, 0.2) is 48.5 Å². The van der Waals surface area contributed by atoms with E-state index in [0.717, 1.165) is 12.0 Å². The van der Waals surface area contributed by atoms with Gasteiger partial charge in [0, 0.05) is 0 Å². The fourth-order valence-electron chi connectivity index (χ4n) is 1.26. The molecule has 0 unspecified atom stereocenters. The Morgan fingerprint density at radius 2 is 1.41 bits per heavy atom. The molecule has 2 rings (SSSR count). The minimum atomic E-state index is 0.133. The fraction of sp³-hybridized carbons (Fsp3) is 0.143. The number of phenolic OH excluding ortho intramolecular Hbond substituents is 2. The first-order chi connectivity index (χ1) is 8.15. The van der Waals surface area contributed by atoms with Crippen LogP contribution in [0.2, 0.25) is 5.02 Å². The Hall–Kier alpha value is -1.67. The number of para-hydroxylation sites is 2. The highest BCUT2D eigenvalue weighted by atomic mass is 35.5. The van der Waals surface area contributed by atoms with Crippen molar-refractivity contribution in [1.82, 2.24) is 0 Å². The van der Waals surface area contributed by atoms with Gasteiger partial charge in [-0.3, -0.25) is 0 Å². The summed E-state index contributed by atoms with van der Waals surface area (Å²) in [5, 5.41) is 18.3. The Bertz CT molecular complexity index is 448. The van der Waals surface area contributed by atoms with Crippen molar-refractivity contribution >= 4 is 11.6 Å². The Morgan fingerprint density at radius 3 is 1.76 bits per heavy atom. The Balaban J connectivity index is 0.000000171. The summed E-state index contributed by atoms with van der Waals surface area (Å²) in [6.07, 6.45) is 0.896. The van der Waals surface area contributed by atoms with Crippen LogP contribution in [0.1, 0.15) is 12.5 Å². The van der Waals surface area contributed by atoms with E-state index in [0.29, 0.717) is 10.8 Å². The van der Waals surface area contributed by atoms with Crippen LogP contribution in [-0.4, -0.2) is 10.2 Å². The zero-order valence-electron chi connectivity index (χ0n) is 9.60. The maximum absolute atomic E-state index is 9.11. The molecular formula is C14H15ClO2. The van der Waals surface area contributed by atoms with Gasteiger partial charge in [-0.05, 0) is 30.2 Å². The third-order valence-electron chi connectivity index (χ3n) is 2.22. The van der Waals surface area contributed by atoms with Crippen LogP contribution in [0.5, 0.6) is 11.5 Å². The minimum Gasteiger partial charge on any atom is -0.508 e. The highest BCUT2D eigenvalue weighted by Crippen LogP contribution is 2.20. The molecule has 0 aromatic heterocycles. The molecule has 0 aliphatic carbocycles. The highest BCUT2D eigenvalue weighted by Gasteiger charge is 1.92. The zero-order chi connectivity index (χ0) is 12.7. The van der Waals surface area contributed by atoms with Gasteiger partial charge in [-0.15, -0.1) is 0 Å². The maximum atomic E-state index is 9.11. The predicted molar refractivity (Wildman–Crippen MR) is 70.6 cm³/mol. The van der Waals surface area contributed by atoms with Gasteiger partial charge in [0.2, 0.25) is 0 Å².